The number of nitrogens with two attached hydrogens (primary N) is 1. The van der Waals surface area contributed by atoms with E-state index in [1.54, 1.807) is 12.1 Å². The molecule has 0 aromatic heterocycles. The summed E-state index contributed by atoms with van der Waals surface area (Å²) in [6.07, 6.45) is 2.18. The van der Waals surface area contributed by atoms with E-state index < -0.39 is 6.61 Å². The molecule has 1 saturated heterocycles. The summed E-state index contributed by atoms with van der Waals surface area (Å²) in [5.41, 5.74) is 6.62. The summed E-state index contributed by atoms with van der Waals surface area (Å²) in [6.45, 7) is 0.580. The topological polar surface area (TPSA) is 47.7 Å². The zero-order valence-electron chi connectivity index (χ0n) is 12.2. The van der Waals surface area contributed by atoms with Crippen LogP contribution in [0.2, 0.25) is 0 Å². The Hall–Kier alpha value is -1.40. The van der Waals surface area contributed by atoms with Gasteiger partial charge in [-0.05, 0) is 56.1 Å². The Kier molecular flexibility index (Phi) is 5.76. The highest BCUT2D eigenvalue weighted by atomic mass is 19.3. The number of hydrogen-bond acceptors (Lipinski definition) is 4. The fraction of sp³-hybridized carbons (Fsp3) is 0.600. The van der Waals surface area contributed by atoms with Gasteiger partial charge in [0, 0.05) is 6.54 Å². The number of methoxy groups -OCH3 is 1. The summed E-state index contributed by atoms with van der Waals surface area (Å²) in [5.74, 6) is 1.01. The monoisotopic (exact) mass is 300 g/mol. The van der Waals surface area contributed by atoms with Gasteiger partial charge < -0.3 is 15.2 Å². The molecule has 0 radical (unpaired) electrons. The zero-order chi connectivity index (χ0) is 15.2. The van der Waals surface area contributed by atoms with Gasteiger partial charge in [-0.1, -0.05) is 6.07 Å². The maximum atomic E-state index is 12.4. The van der Waals surface area contributed by atoms with Crippen LogP contribution in [-0.2, 0) is 6.54 Å². The lowest BCUT2D eigenvalue weighted by Gasteiger charge is -2.31. The smallest absolute Gasteiger partial charge is 0.387 e. The fourth-order valence-electron chi connectivity index (χ4n) is 2.65. The fourth-order valence-corrected chi connectivity index (χ4v) is 2.65. The third-order valence-corrected chi connectivity index (χ3v) is 3.89. The van der Waals surface area contributed by atoms with E-state index in [2.05, 4.69) is 9.64 Å². The molecule has 0 spiro atoms. The number of ether oxygens (including phenoxy) is 2. The Balaban J connectivity index is 2.00. The van der Waals surface area contributed by atoms with Crippen LogP contribution in [-0.4, -0.2) is 38.3 Å². The van der Waals surface area contributed by atoms with Gasteiger partial charge in [-0.15, -0.1) is 0 Å². The second-order valence-corrected chi connectivity index (χ2v) is 5.32. The first-order valence-corrected chi connectivity index (χ1v) is 7.16. The lowest BCUT2D eigenvalue weighted by atomic mass is 9.97. The number of benzene rings is 1. The van der Waals surface area contributed by atoms with Gasteiger partial charge in [0.2, 0.25) is 0 Å². The highest BCUT2D eigenvalue weighted by Crippen LogP contribution is 2.30. The minimum Gasteiger partial charge on any atom is -0.493 e. The van der Waals surface area contributed by atoms with Gasteiger partial charge in [0.15, 0.2) is 11.5 Å². The highest BCUT2D eigenvalue weighted by molar-refractivity contribution is 5.43. The quantitative estimate of drug-likeness (QED) is 0.877. The third kappa shape index (κ3) is 4.54. The van der Waals surface area contributed by atoms with Crippen LogP contribution in [0.15, 0.2) is 18.2 Å². The van der Waals surface area contributed by atoms with Crippen molar-refractivity contribution in [2.24, 2.45) is 11.7 Å². The van der Waals surface area contributed by atoms with Crippen molar-refractivity contribution in [1.82, 2.24) is 4.90 Å². The van der Waals surface area contributed by atoms with Crippen molar-refractivity contribution in [3.8, 4) is 11.5 Å². The largest absolute Gasteiger partial charge is 0.493 e. The van der Waals surface area contributed by atoms with Crippen LogP contribution in [0.5, 0.6) is 11.5 Å². The normalized spacial score (nSPS) is 17.2. The number of hydrogen-bond donors (Lipinski definition) is 1. The van der Waals surface area contributed by atoms with Gasteiger partial charge in [-0.3, -0.25) is 4.90 Å². The Bertz CT molecular complexity index is 449. The lowest BCUT2D eigenvalue weighted by Crippen LogP contribution is -2.35. The van der Waals surface area contributed by atoms with Gasteiger partial charge in [-0.2, -0.15) is 8.78 Å². The predicted molar refractivity (Wildman–Crippen MR) is 76.7 cm³/mol. The van der Waals surface area contributed by atoms with Crippen LogP contribution in [0.25, 0.3) is 0 Å². The molecule has 1 aromatic rings. The first-order valence-electron chi connectivity index (χ1n) is 7.16. The predicted octanol–water partition coefficient (Wildman–Crippen LogP) is 2.47. The van der Waals surface area contributed by atoms with Gasteiger partial charge in [0.1, 0.15) is 0 Å². The molecule has 6 heteroatoms. The van der Waals surface area contributed by atoms with E-state index in [0.717, 1.165) is 44.6 Å². The Morgan fingerprint density at radius 1 is 1.29 bits per heavy atom. The molecule has 2 rings (SSSR count). The summed E-state index contributed by atoms with van der Waals surface area (Å²) in [6, 6.07) is 5.17. The summed E-state index contributed by atoms with van der Waals surface area (Å²) < 4.78 is 34.4. The number of halogens is 2. The van der Waals surface area contributed by atoms with Crippen LogP contribution >= 0.6 is 0 Å². The third-order valence-electron chi connectivity index (χ3n) is 3.89. The molecular weight excluding hydrogens is 278 g/mol. The van der Waals surface area contributed by atoms with Crippen LogP contribution < -0.4 is 15.2 Å². The number of nitrogens with zero attached hydrogens (tertiary/aromatic N) is 1. The van der Waals surface area contributed by atoms with Crippen molar-refractivity contribution >= 4 is 0 Å². The zero-order valence-corrected chi connectivity index (χ0v) is 12.2. The Morgan fingerprint density at radius 2 is 2.00 bits per heavy atom. The second kappa shape index (κ2) is 7.56. The highest BCUT2D eigenvalue weighted by Gasteiger charge is 2.19. The van der Waals surface area contributed by atoms with Crippen LogP contribution in [0, 0.1) is 5.92 Å². The average molecular weight is 300 g/mol. The van der Waals surface area contributed by atoms with Gasteiger partial charge in [-0.25, -0.2) is 0 Å². The lowest BCUT2D eigenvalue weighted by molar-refractivity contribution is -0.0512. The second-order valence-electron chi connectivity index (χ2n) is 5.32. The molecule has 118 valence electrons. The first kappa shape index (κ1) is 16.0. The molecule has 1 aromatic carbocycles. The molecule has 0 saturated carbocycles. The molecule has 0 amide bonds. The number of alkyl halides is 2. The molecule has 0 bridgehead atoms. The SMILES string of the molecule is COc1ccc(CN2CCC(CN)CC2)cc1OC(F)F. The van der Waals surface area contributed by atoms with Crippen molar-refractivity contribution in [1.29, 1.82) is 0 Å². The molecule has 0 atom stereocenters. The standard InChI is InChI=1S/C15H22F2N2O2/c1-20-13-3-2-12(8-14(13)21-15(16)17)10-19-6-4-11(9-18)5-7-19/h2-3,8,11,15H,4-7,9-10,18H2,1H3. The van der Waals surface area contributed by atoms with Crippen molar-refractivity contribution in [3.63, 3.8) is 0 Å². The van der Waals surface area contributed by atoms with Crippen LogP contribution in [0.3, 0.4) is 0 Å². The van der Waals surface area contributed by atoms with Crippen molar-refractivity contribution in [2.75, 3.05) is 26.7 Å². The summed E-state index contributed by atoms with van der Waals surface area (Å²) in [7, 11) is 1.44. The van der Waals surface area contributed by atoms with E-state index in [9.17, 15) is 8.78 Å². The Morgan fingerprint density at radius 3 is 2.57 bits per heavy atom. The van der Waals surface area contributed by atoms with Gasteiger partial charge in [0.25, 0.3) is 0 Å². The van der Waals surface area contributed by atoms with E-state index in [-0.39, 0.29) is 5.75 Å². The molecule has 1 heterocycles. The number of likely N-dealkylation sites (tertiary alicyclic amines) is 1. The maximum absolute atomic E-state index is 12.4. The van der Waals surface area contributed by atoms with E-state index in [0.29, 0.717) is 11.7 Å². The molecule has 4 nitrogen and oxygen atoms in total. The number of piperidine rings is 1. The molecular formula is C15H22F2N2O2. The van der Waals surface area contributed by atoms with Crippen LogP contribution in [0.4, 0.5) is 8.78 Å². The molecule has 2 N–H and O–H groups in total. The average Bonchev–Trinajstić information content (AvgIpc) is 2.48. The molecule has 1 fully saturated rings. The molecule has 0 unspecified atom stereocenters. The van der Waals surface area contributed by atoms with E-state index in [1.165, 1.54) is 7.11 Å². The van der Waals surface area contributed by atoms with Gasteiger partial charge >= 0.3 is 6.61 Å². The summed E-state index contributed by atoms with van der Waals surface area (Å²) >= 11 is 0. The maximum Gasteiger partial charge on any atom is 0.387 e. The van der Waals surface area contributed by atoms with Crippen molar-refractivity contribution < 1.29 is 18.3 Å². The van der Waals surface area contributed by atoms with Crippen LogP contribution in [0.1, 0.15) is 18.4 Å². The first-order chi connectivity index (χ1) is 10.1. The minimum atomic E-state index is -2.85. The van der Waals surface area contributed by atoms with Gasteiger partial charge in [0.05, 0.1) is 7.11 Å². The molecule has 0 aliphatic carbocycles. The molecule has 1 aliphatic heterocycles. The summed E-state index contributed by atoms with van der Waals surface area (Å²) in [5, 5.41) is 0. The van der Waals surface area contributed by atoms with E-state index in [1.807, 2.05) is 6.07 Å². The molecule has 21 heavy (non-hydrogen) atoms. The number of rotatable bonds is 6. The van der Waals surface area contributed by atoms with Crippen molar-refractivity contribution in [3.05, 3.63) is 23.8 Å². The Labute approximate surface area is 123 Å². The van der Waals surface area contributed by atoms with E-state index >= 15 is 0 Å². The molecule has 1 aliphatic rings. The van der Waals surface area contributed by atoms with E-state index in [4.69, 9.17) is 10.5 Å². The van der Waals surface area contributed by atoms with Crippen molar-refractivity contribution in [2.45, 2.75) is 26.0 Å². The summed E-state index contributed by atoms with van der Waals surface area (Å²) in [4.78, 5) is 2.31. The minimum absolute atomic E-state index is 0.0850.